The van der Waals surface area contributed by atoms with Crippen molar-refractivity contribution in [2.75, 3.05) is 0 Å². The van der Waals surface area contributed by atoms with Gasteiger partial charge in [0, 0.05) is 11.5 Å². The van der Waals surface area contributed by atoms with Crippen LogP contribution in [0.2, 0.25) is 0 Å². The summed E-state index contributed by atoms with van der Waals surface area (Å²) >= 11 is 0. The van der Waals surface area contributed by atoms with Crippen molar-refractivity contribution >= 4 is 11.9 Å². The Bertz CT molecular complexity index is 543. The molecular formula is C18H23NO3. The van der Waals surface area contributed by atoms with Gasteiger partial charge in [0.25, 0.3) is 0 Å². The smallest absolute Gasteiger partial charge is 0.306 e. The molecule has 0 aromatic heterocycles. The zero-order valence-corrected chi connectivity index (χ0v) is 12.8. The second-order valence-electron chi connectivity index (χ2n) is 6.82. The van der Waals surface area contributed by atoms with Crippen LogP contribution in [0.3, 0.4) is 0 Å². The third-order valence-corrected chi connectivity index (χ3v) is 5.07. The first kappa shape index (κ1) is 15.1. The molecule has 2 aliphatic carbocycles. The van der Waals surface area contributed by atoms with Gasteiger partial charge in [-0.3, -0.25) is 9.59 Å². The van der Waals surface area contributed by atoms with E-state index in [9.17, 15) is 9.59 Å². The van der Waals surface area contributed by atoms with Crippen molar-refractivity contribution in [2.45, 2.75) is 50.5 Å². The van der Waals surface area contributed by atoms with Gasteiger partial charge >= 0.3 is 5.97 Å². The second-order valence-corrected chi connectivity index (χ2v) is 6.82. The van der Waals surface area contributed by atoms with Gasteiger partial charge < -0.3 is 10.4 Å². The highest BCUT2D eigenvalue weighted by molar-refractivity contribution is 5.80. The van der Waals surface area contributed by atoms with Crippen LogP contribution in [0, 0.1) is 11.8 Å². The zero-order chi connectivity index (χ0) is 15.6. The Morgan fingerprint density at radius 3 is 2.18 bits per heavy atom. The van der Waals surface area contributed by atoms with Crippen LogP contribution in [-0.4, -0.2) is 22.5 Å². The third-order valence-electron chi connectivity index (χ3n) is 5.07. The predicted molar refractivity (Wildman–Crippen MR) is 83.3 cm³/mol. The average Bonchev–Trinajstić information content (AvgIpc) is 3.27. The van der Waals surface area contributed by atoms with Crippen molar-refractivity contribution in [3.8, 4) is 0 Å². The Kier molecular flexibility index (Phi) is 4.19. The van der Waals surface area contributed by atoms with E-state index in [-0.39, 0.29) is 23.3 Å². The van der Waals surface area contributed by atoms with Crippen LogP contribution < -0.4 is 5.32 Å². The number of carboxylic acids is 1. The van der Waals surface area contributed by atoms with E-state index in [2.05, 4.69) is 17.4 Å². The van der Waals surface area contributed by atoms with E-state index in [0.717, 1.165) is 19.3 Å². The molecule has 0 radical (unpaired) electrons. The number of hydrogen-bond donors (Lipinski definition) is 2. The number of benzene rings is 1. The van der Waals surface area contributed by atoms with E-state index in [1.54, 1.807) is 0 Å². The first-order chi connectivity index (χ1) is 10.6. The lowest BCUT2D eigenvalue weighted by molar-refractivity contribution is -0.144. The highest BCUT2D eigenvalue weighted by Gasteiger charge is 2.45. The molecule has 0 atom stereocenters. The number of carboxylic acid groups (broad SMARTS) is 1. The fraction of sp³-hybridized carbons (Fsp3) is 0.556. The molecular weight excluding hydrogens is 278 g/mol. The van der Waals surface area contributed by atoms with E-state index >= 15 is 0 Å². The van der Waals surface area contributed by atoms with Gasteiger partial charge in [-0.1, -0.05) is 30.3 Å². The van der Waals surface area contributed by atoms with E-state index < -0.39 is 5.97 Å². The van der Waals surface area contributed by atoms with Gasteiger partial charge in [0.2, 0.25) is 5.91 Å². The minimum atomic E-state index is -0.721. The Hall–Kier alpha value is -1.84. The highest BCUT2D eigenvalue weighted by Crippen LogP contribution is 2.39. The first-order valence-corrected chi connectivity index (χ1v) is 8.17. The van der Waals surface area contributed by atoms with Gasteiger partial charge in [-0.2, -0.15) is 0 Å². The largest absolute Gasteiger partial charge is 0.481 e. The van der Waals surface area contributed by atoms with Gasteiger partial charge in [0.15, 0.2) is 0 Å². The molecule has 0 aliphatic heterocycles. The Morgan fingerprint density at radius 2 is 1.64 bits per heavy atom. The van der Waals surface area contributed by atoms with E-state index in [1.807, 2.05) is 18.2 Å². The fourth-order valence-corrected chi connectivity index (χ4v) is 3.45. The zero-order valence-electron chi connectivity index (χ0n) is 12.8. The SMILES string of the molecule is O=C(O)C1CCC(C(=O)NC2(Cc3ccccc3)CC2)CC1. The molecule has 0 saturated heterocycles. The molecule has 0 heterocycles. The maximum Gasteiger partial charge on any atom is 0.306 e. The van der Waals surface area contributed by atoms with Crippen molar-refractivity contribution in [3.05, 3.63) is 35.9 Å². The minimum absolute atomic E-state index is 0.0103. The minimum Gasteiger partial charge on any atom is -0.481 e. The van der Waals surface area contributed by atoms with Crippen molar-refractivity contribution in [1.29, 1.82) is 0 Å². The van der Waals surface area contributed by atoms with Crippen LogP contribution in [0.15, 0.2) is 30.3 Å². The number of nitrogens with one attached hydrogen (secondary N) is 1. The summed E-state index contributed by atoms with van der Waals surface area (Å²) < 4.78 is 0. The Labute approximate surface area is 130 Å². The lowest BCUT2D eigenvalue weighted by atomic mass is 9.81. The number of hydrogen-bond acceptors (Lipinski definition) is 2. The number of carbonyl (C=O) groups is 2. The Morgan fingerprint density at radius 1 is 1.05 bits per heavy atom. The normalized spacial score (nSPS) is 26.2. The molecule has 0 spiro atoms. The summed E-state index contributed by atoms with van der Waals surface area (Å²) in [5, 5.41) is 12.3. The quantitative estimate of drug-likeness (QED) is 0.879. The van der Waals surface area contributed by atoms with Crippen molar-refractivity contribution < 1.29 is 14.7 Å². The monoisotopic (exact) mass is 301 g/mol. The van der Waals surface area contributed by atoms with Gasteiger partial charge in [-0.15, -0.1) is 0 Å². The lowest BCUT2D eigenvalue weighted by Crippen LogP contribution is -2.43. The van der Waals surface area contributed by atoms with E-state index in [4.69, 9.17) is 5.11 Å². The van der Waals surface area contributed by atoms with Crippen molar-refractivity contribution in [3.63, 3.8) is 0 Å². The summed E-state index contributed by atoms with van der Waals surface area (Å²) in [7, 11) is 0. The predicted octanol–water partition coefficient (Wildman–Crippen LogP) is 2.77. The highest BCUT2D eigenvalue weighted by atomic mass is 16.4. The summed E-state index contributed by atoms with van der Waals surface area (Å²) in [5.41, 5.74) is 1.21. The molecule has 0 unspecified atom stereocenters. The first-order valence-electron chi connectivity index (χ1n) is 8.17. The molecule has 3 rings (SSSR count). The van der Waals surface area contributed by atoms with Crippen LogP contribution in [-0.2, 0) is 16.0 Å². The second kappa shape index (κ2) is 6.11. The number of rotatable bonds is 5. The van der Waals surface area contributed by atoms with E-state index in [0.29, 0.717) is 25.7 Å². The summed E-state index contributed by atoms with van der Waals surface area (Å²) in [6.07, 6.45) is 5.62. The molecule has 2 fully saturated rings. The molecule has 2 N–H and O–H groups in total. The van der Waals surface area contributed by atoms with Crippen molar-refractivity contribution in [2.24, 2.45) is 11.8 Å². The van der Waals surface area contributed by atoms with Crippen LogP contribution in [0.25, 0.3) is 0 Å². The van der Waals surface area contributed by atoms with Gasteiger partial charge in [-0.05, 0) is 50.5 Å². The molecule has 118 valence electrons. The third kappa shape index (κ3) is 3.49. The summed E-state index contributed by atoms with van der Waals surface area (Å²) in [4.78, 5) is 23.4. The summed E-state index contributed by atoms with van der Waals surface area (Å²) in [5.74, 6) is -0.869. The lowest BCUT2D eigenvalue weighted by Gasteiger charge is -2.27. The van der Waals surface area contributed by atoms with Gasteiger partial charge in [0.05, 0.1) is 5.92 Å². The van der Waals surface area contributed by atoms with E-state index in [1.165, 1.54) is 5.56 Å². The molecule has 1 amide bonds. The Balaban J connectivity index is 1.53. The number of aliphatic carboxylic acids is 1. The molecule has 1 aromatic carbocycles. The van der Waals surface area contributed by atoms with Crippen LogP contribution >= 0.6 is 0 Å². The standard InChI is InChI=1S/C18H23NO3/c20-16(14-6-8-15(9-7-14)17(21)22)19-18(10-11-18)12-13-4-2-1-3-5-13/h1-5,14-15H,6-12H2,(H,19,20)(H,21,22). The van der Waals surface area contributed by atoms with Crippen LogP contribution in [0.1, 0.15) is 44.1 Å². The molecule has 22 heavy (non-hydrogen) atoms. The molecule has 0 bridgehead atoms. The maximum absolute atomic E-state index is 12.5. The average molecular weight is 301 g/mol. The summed E-state index contributed by atoms with van der Waals surface area (Å²) in [6.45, 7) is 0. The van der Waals surface area contributed by atoms with Crippen LogP contribution in [0.4, 0.5) is 0 Å². The molecule has 4 nitrogen and oxygen atoms in total. The molecule has 2 saturated carbocycles. The number of amides is 1. The molecule has 1 aromatic rings. The molecule has 4 heteroatoms. The van der Waals surface area contributed by atoms with Gasteiger partial charge in [0.1, 0.15) is 0 Å². The molecule has 2 aliphatic rings. The maximum atomic E-state index is 12.5. The fourth-order valence-electron chi connectivity index (χ4n) is 3.45. The topological polar surface area (TPSA) is 66.4 Å². The van der Waals surface area contributed by atoms with Crippen LogP contribution in [0.5, 0.6) is 0 Å². The van der Waals surface area contributed by atoms with Crippen molar-refractivity contribution in [1.82, 2.24) is 5.32 Å². The number of carbonyl (C=O) groups excluding carboxylic acids is 1. The van der Waals surface area contributed by atoms with Gasteiger partial charge in [-0.25, -0.2) is 0 Å². The summed E-state index contributed by atoms with van der Waals surface area (Å²) in [6, 6.07) is 10.3.